The molecule has 20 heavy (non-hydrogen) atoms. The zero-order valence-corrected chi connectivity index (χ0v) is 12.5. The highest BCUT2D eigenvalue weighted by Gasteiger charge is 2.21. The first-order valence-corrected chi connectivity index (χ1v) is 7.50. The van der Waals surface area contributed by atoms with Gasteiger partial charge in [-0.1, -0.05) is 6.92 Å². The van der Waals surface area contributed by atoms with E-state index in [1.165, 1.54) is 0 Å². The van der Waals surface area contributed by atoms with Gasteiger partial charge in [-0.15, -0.1) is 0 Å². The summed E-state index contributed by atoms with van der Waals surface area (Å²) in [7, 11) is 0. The highest BCUT2D eigenvalue weighted by atomic mass is 16.5. The molecule has 0 saturated carbocycles. The average molecular weight is 279 g/mol. The lowest BCUT2D eigenvalue weighted by Gasteiger charge is -2.33. The number of ether oxygens (including phenoxy) is 2. The first kappa shape index (κ1) is 14.9. The van der Waals surface area contributed by atoms with Crippen LogP contribution in [0.3, 0.4) is 0 Å². The van der Waals surface area contributed by atoms with Gasteiger partial charge in [0.25, 0.3) is 0 Å². The number of nitrogens with two attached hydrogens (primary N) is 1. The predicted molar refractivity (Wildman–Crippen MR) is 81.3 cm³/mol. The maximum atomic E-state index is 5.90. The van der Waals surface area contributed by atoms with Gasteiger partial charge in [0, 0.05) is 19.7 Å². The Bertz CT molecular complexity index is 424. The zero-order valence-electron chi connectivity index (χ0n) is 12.5. The number of nitrogen functional groups attached to an aromatic ring is 1. The van der Waals surface area contributed by atoms with E-state index in [1.54, 1.807) is 0 Å². The summed E-state index contributed by atoms with van der Waals surface area (Å²) >= 11 is 0. The maximum absolute atomic E-state index is 5.90. The standard InChI is InChI=1S/C15H25N3O2/c1-3-10-20-15-13(16)7-8-14(17-15)18-9-5-6-12(11-18)19-4-2/h7-8,12H,3-6,9-11,16H2,1-2H3. The second-order valence-corrected chi connectivity index (χ2v) is 5.08. The van der Waals surface area contributed by atoms with E-state index >= 15 is 0 Å². The van der Waals surface area contributed by atoms with Gasteiger partial charge in [-0.3, -0.25) is 0 Å². The number of hydrogen-bond donors (Lipinski definition) is 1. The van der Waals surface area contributed by atoms with Crippen LogP contribution in [0.25, 0.3) is 0 Å². The third kappa shape index (κ3) is 3.76. The summed E-state index contributed by atoms with van der Waals surface area (Å²) in [6.07, 6.45) is 3.50. The van der Waals surface area contributed by atoms with Crippen molar-refractivity contribution in [2.75, 3.05) is 36.9 Å². The average Bonchev–Trinajstić information content (AvgIpc) is 2.47. The SMILES string of the molecule is CCCOc1nc(N2CCCC(OCC)C2)ccc1N. The lowest BCUT2D eigenvalue weighted by Crippen LogP contribution is -2.40. The molecule has 2 N–H and O–H groups in total. The van der Waals surface area contributed by atoms with Gasteiger partial charge in [-0.05, 0) is 38.3 Å². The smallest absolute Gasteiger partial charge is 0.239 e. The van der Waals surface area contributed by atoms with E-state index < -0.39 is 0 Å². The van der Waals surface area contributed by atoms with Crippen LogP contribution in [0.15, 0.2) is 12.1 Å². The second kappa shape index (κ2) is 7.33. The van der Waals surface area contributed by atoms with Gasteiger partial charge >= 0.3 is 0 Å². The van der Waals surface area contributed by atoms with Crippen molar-refractivity contribution in [2.24, 2.45) is 0 Å². The number of piperidine rings is 1. The first-order valence-electron chi connectivity index (χ1n) is 7.50. The number of anilines is 2. The van der Waals surface area contributed by atoms with E-state index in [9.17, 15) is 0 Å². The van der Waals surface area contributed by atoms with Crippen LogP contribution in [0.2, 0.25) is 0 Å². The molecule has 0 amide bonds. The molecule has 1 atom stereocenters. The third-order valence-electron chi connectivity index (χ3n) is 3.42. The molecule has 1 aromatic rings. The fraction of sp³-hybridized carbons (Fsp3) is 0.667. The Kier molecular flexibility index (Phi) is 5.47. The normalized spacial score (nSPS) is 19.1. The van der Waals surface area contributed by atoms with Gasteiger partial charge in [-0.25, -0.2) is 0 Å². The molecular formula is C15H25N3O2. The lowest BCUT2D eigenvalue weighted by molar-refractivity contribution is 0.0525. The van der Waals surface area contributed by atoms with E-state index in [4.69, 9.17) is 15.2 Å². The van der Waals surface area contributed by atoms with E-state index in [-0.39, 0.29) is 0 Å². The van der Waals surface area contributed by atoms with Gasteiger partial charge < -0.3 is 20.1 Å². The molecule has 2 rings (SSSR count). The van der Waals surface area contributed by atoms with E-state index in [0.29, 0.717) is 24.3 Å². The summed E-state index contributed by atoms with van der Waals surface area (Å²) in [4.78, 5) is 6.80. The van der Waals surface area contributed by atoms with Crippen LogP contribution in [0, 0.1) is 0 Å². The van der Waals surface area contributed by atoms with Crippen molar-refractivity contribution in [3.8, 4) is 5.88 Å². The van der Waals surface area contributed by atoms with Crippen molar-refractivity contribution < 1.29 is 9.47 Å². The van der Waals surface area contributed by atoms with Crippen molar-refractivity contribution in [1.82, 2.24) is 4.98 Å². The summed E-state index contributed by atoms with van der Waals surface area (Å²) in [5.41, 5.74) is 6.50. The van der Waals surface area contributed by atoms with E-state index in [1.807, 2.05) is 19.1 Å². The zero-order chi connectivity index (χ0) is 14.4. The minimum Gasteiger partial charge on any atom is -0.476 e. The van der Waals surface area contributed by atoms with Crippen LogP contribution in [-0.4, -0.2) is 37.4 Å². The number of pyridine rings is 1. The van der Waals surface area contributed by atoms with E-state index in [2.05, 4.69) is 16.8 Å². The number of hydrogen-bond acceptors (Lipinski definition) is 5. The molecule has 2 heterocycles. The van der Waals surface area contributed by atoms with Crippen LogP contribution in [0.1, 0.15) is 33.1 Å². The van der Waals surface area contributed by atoms with Gasteiger partial charge in [0.1, 0.15) is 5.82 Å². The number of rotatable bonds is 6. The molecule has 112 valence electrons. The lowest BCUT2D eigenvalue weighted by atomic mass is 10.1. The Labute approximate surface area is 121 Å². The molecule has 1 saturated heterocycles. The Morgan fingerprint density at radius 1 is 1.40 bits per heavy atom. The van der Waals surface area contributed by atoms with Crippen LogP contribution >= 0.6 is 0 Å². The minimum atomic E-state index is 0.299. The van der Waals surface area contributed by atoms with Crippen molar-refractivity contribution in [3.05, 3.63) is 12.1 Å². The largest absolute Gasteiger partial charge is 0.476 e. The maximum Gasteiger partial charge on any atom is 0.239 e. The van der Waals surface area contributed by atoms with Gasteiger partial charge in [-0.2, -0.15) is 4.98 Å². The fourth-order valence-electron chi connectivity index (χ4n) is 2.45. The monoisotopic (exact) mass is 279 g/mol. The van der Waals surface area contributed by atoms with E-state index in [0.717, 1.165) is 44.8 Å². The molecule has 5 nitrogen and oxygen atoms in total. The third-order valence-corrected chi connectivity index (χ3v) is 3.42. The van der Waals surface area contributed by atoms with Crippen molar-refractivity contribution in [2.45, 2.75) is 39.2 Å². The number of nitrogens with zero attached hydrogens (tertiary/aromatic N) is 2. The molecule has 0 bridgehead atoms. The highest BCUT2D eigenvalue weighted by molar-refractivity contribution is 5.54. The summed E-state index contributed by atoms with van der Waals surface area (Å²) in [6, 6.07) is 3.83. The van der Waals surface area contributed by atoms with Crippen LogP contribution in [0.5, 0.6) is 5.88 Å². The summed E-state index contributed by atoms with van der Waals surface area (Å²) in [5.74, 6) is 1.47. The van der Waals surface area contributed by atoms with Gasteiger partial charge in [0.15, 0.2) is 0 Å². The van der Waals surface area contributed by atoms with Crippen molar-refractivity contribution in [3.63, 3.8) is 0 Å². The summed E-state index contributed by atoms with van der Waals surface area (Å²) in [5, 5.41) is 0. The Morgan fingerprint density at radius 2 is 2.25 bits per heavy atom. The Hall–Kier alpha value is -1.49. The molecule has 1 aliphatic heterocycles. The second-order valence-electron chi connectivity index (χ2n) is 5.08. The molecule has 5 heteroatoms. The van der Waals surface area contributed by atoms with Gasteiger partial charge in [0.05, 0.1) is 18.4 Å². The predicted octanol–water partition coefficient (Wildman–Crippen LogP) is 2.46. The molecule has 0 spiro atoms. The van der Waals surface area contributed by atoms with Crippen LogP contribution < -0.4 is 15.4 Å². The van der Waals surface area contributed by atoms with Crippen molar-refractivity contribution >= 4 is 11.5 Å². The minimum absolute atomic E-state index is 0.299. The first-order chi connectivity index (χ1) is 9.74. The molecule has 1 unspecified atom stereocenters. The van der Waals surface area contributed by atoms with Crippen molar-refractivity contribution in [1.29, 1.82) is 0 Å². The molecular weight excluding hydrogens is 254 g/mol. The van der Waals surface area contributed by atoms with Gasteiger partial charge in [0.2, 0.25) is 5.88 Å². The topological polar surface area (TPSA) is 60.6 Å². The highest BCUT2D eigenvalue weighted by Crippen LogP contribution is 2.26. The molecule has 0 aromatic carbocycles. The summed E-state index contributed by atoms with van der Waals surface area (Å²) in [6.45, 7) is 7.40. The molecule has 1 fully saturated rings. The number of aromatic nitrogens is 1. The molecule has 0 radical (unpaired) electrons. The Morgan fingerprint density at radius 3 is 3.00 bits per heavy atom. The Balaban J connectivity index is 2.07. The quantitative estimate of drug-likeness (QED) is 0.866. The van der Waals surface area contributed by atoms with Crippen LogP contribution in [-0.2, 0) is 4.74 Å². The molecule has 1 aromatic heterocycles. The fourth-order valence-corrected chi connectivity index (χ4v) is 2.45. The summed E-state index contributed by atoms with van der Waals surface area (Å²) < 4.78 is 11.3. The molecule has 0 aliphatic carbocycles. The van der Waals surface area contributed by atoms with Crippen LogP contribution in [0.4, 0.5) is 11.5 Å². The molecule has 1 aliphatic rings.